The van der Waals surface area contributed by atoms with Gasteiger partial charge in [0.15, 0.2) is 11.6 Å². The lowest BCUT2D eigenvalue weighted by molar-refractivity contribution is 0.0945. The lowest BCUT2D eigenvalue weighted by atomic mass is 10.1. The molecule has 4 heteroatoms. The van der Waals surface area contributed by atoms with Crippen molar-refractivity contribution in [2.75, 3.05) is 0 Å². The average Bonchev–Trinajstić information content (AvgIpc) is 3.22. The zero-order chi connectivity index (χ0) is 14.1. The van der Waals surface area contributed by atoms with Crippen LogP contribution in [0.5, 0.6) is 0 Å². The first-order valence-corrected chi connectivity index (χ1v) is 6.46. The number of nitrogens with one attached hydrogen (secondary N) is 1. The summed E-state index contributed by atoms with van der Waals surface area (Å²) in [6, 6.07) is 13.4. The molecule has 1 N–H and O–H groups in total. The van der Waals surface area contributed by atoms with Gasteiger partial charge in [0.2, 0.25) is 0 Å². The Hall–Kier alpha value is -2.23. The van der Waals surface area contributed by atoms with E-state index in [9.17, 15) is 13.6 Å². The van der Waals surface area contributed by atoms with Gasteiger partial charge in [-0.1, -0.05) is 36.4 Å². The summed E-state index contributed by atoms with van der Waals surface area (Å²) in [6.07, 6.45) is 0.826. The van der Waals surface area contributed by atoms with E-state index >= 15 is 0 Å². The van der Waals surface area contributed by atoms with Gasteiger partial charge in [0.25, 0.3) is 5.91 Å². The van der Waals surface area contributed by atoms with Gasteiger partial charge >= 0.3 is 0 Å². The Balaban J connectivity index is 1.68. The Morgan fingerprint density at radius 3 is 2.55 bits per heavy atom. The van der Waals surface area contributed by atoms with Crippen LogP contribution in [0.15, 0.2) is 48.5 Å². The van der Waals surface area contributed by atoms with Crippen LogP contribution >= 0.6 is 0 Å². The monoisotopic (exact) mass is 273 g/mol. The highest BCUT2D eigenvalue weighted by Gasteiger charge is 2.39. The lowest BCUT2D eigenvalue weighted by Gasteiger charge is -2.06. The molecule has 1 amide bonds. The van der Waals surface area contributed by atoms with Crippen LogP contribution in [-0.2, 0) is 0 Å². The largest absolute Gasteiger partial charge is 0.349 e. The van der Waals surface area contributed by atoms with Crippen LogP contribution in [0.4, 0.5) is 8.78 Å². The molecule has 0 spiro atoms. The number of rotatable bonds is 3. The summed E-state index contributed by atoms with van der Waals surface area (Å²) in [6.45, 7) is 0. The van der Waals surface area contributed by atoms with Crippen molar-refractivity contribution in [1.29, 1.82) is 0 Å². The molecule has 0 radical (unpaired) electrons. The van der Waals surface area contributed by atoms with E-state index in [2.05, 4.69) is 5.32 Å². The third-order valence-corrected chi connectivity index (χ3v) is 3.53. The molecule has 0 bridgehead atoms. The van der Waals surface area contributed by atoms with E-state index in [4.69, 9.17) is 0 Å². The van der Waals surface area contributed by atoms with Gasteiger partial charge < -0.3 is 5.32 Å². The summed E-state index contributed by atoms with van der Waals surface area (Å²) < 4.78 is 26.6. The molecule has 0 aliphatic heterocycles. The van der Waals surface area contributed by atoms with Crippen molar-refractivity contribution in [3.05, 3.63) is 71.3 Å². The molecule has 1 fully saturated rings. The molecule has 0 aromatic heterocycles. The summed E-state index contributed by atoms with van der Waals surface area (Å²) in [7, 11) is 0. The minimum absolute atomic E-state index is 0.00688. The highest BCUT2D eigenvalue weighted by atomic mass is 19.2. The number of hydrogen-bond acceptors (Lipinski definition) is 1. The fourth-order valence-corrected chi connectivity index (χ4v) is 2.35. The zero-order valence-corrected chi connectivity index (χ0v) is 10.6. The summed E-state index contributed by atoms with van der Waals surface area (Å²) in [5.41, 5.74) is 0.904. The number of amides is 1. The Labute approximate surface area is 115 Å². The molecule has 1 aliphatic rings. The van der Waals surface area contributed by atoms with Crippen LogP contribution in [-0.4, -0.2) is 11.9 Å². The van der Waals surface area contributed by atoms with E-state index in [-0.39, 0.29) is 17.5 Å². The van der Waals surface area contributed by atoms with E-state index < -0.39 is 17.5 Å². The number of hydrogen-bond donors (Lipinski definition) is 1. The number of carbonyl (C=O) groups is 1. The van der Waals surface area contributed by atoms with E-state index in [0.29, 0.717) is 0 Å². The minimum Gasteiger partial charge on any atom is -0.349 e. The molecule has 2 nitrogen and oxygen atoms in total. The van der Waals surface area contributed by atoms with E-state index in [0.717, 1.165) is 18.1 Å². The fourth-order valence-electron chi connectivity index (χ4n) is 2.35. The van der Waals surface area contributed by atoms with Gasteiger partial charge in [-0.3, -0.25) is 4.79 Å². The molecule has 2 aromatic carbocycles. The summed E-state index contributed by atoms with van der Waals surface area (Å²) in [5.74, 6) is -2.41. The first kappa shape index (κ1) is 12.8. The highest BCUT2D eigenvalue weighted by Crippen LogP contribution is 2.40. The smallest absolute Gasteiger partial charge is 0.254 e. The highest BCUT2D eigenvalue weighted by molar-refractivity contribution is 5.95. The lowest BCUT2D eigenvalue weighted by Crippen LogP contribution is -2.27. The van der Waals surface area contributed by atoms with E-state index in [1.54, 1.807) is 0 Å². The number of halogens is 2. The first-order chi connectivity index (χ1) is 9.66. The molecule has 2 aromatic rings. The predicted octanol–water partition coefficient (Wildman–Crippen LogP) is 3.25. The van der Waals surface area contributed by atoms with Crippen LogP contribution < -0.4 is 5.32 Å². The quantitative estimate of drug-likeness (QED) is 0.913. The molecule has 3 rings (SSSR count). The molecule has 2 unspecified atom stereocenters. The number of carbonyl (C=O) groups excluding carboxylic acids is 1. The normalized spacial score (nSPS) is 20.5. The third kappa shape index (κ3) is 2.41. The maximum Gasteiger partial charge on any atom is 0.254 e. The summed E-state index contributed by atoms with van der Waals surface area (Å²) in [4.78, 5) is 11.9. The first-order valence-electron chi connectivity index (χ1n) is 6.46. The van der Waals surface area contributed by atoms with Crippen molar-refractivity contribution in [2.24, 2.45) is 0 Å². The van der Waals surface area contributed by atoms with Gasteiger partial charge in [-0.2, -0.15) is 0 Å². The molecule has 0 saturated heterocycles. The number of benzene rings is 2. The van der Waals surface area contributed by atoms with Crippen molar-refractivity contribution < 1.29 is 13.6 Å². The molecule has 1 saturated carbocycles. The Morgan fingerprint density at radius 2 is 1.80 bits per heavy atom. The van der Waals surface area contributed by atoms with Gasteiger partial charge in [0.05, 0.1) is 5.56 Å². The zero-order valence-electron chi connectivity index (χ0n) is 10.6. The summed E-state index contributed by atoms with van der Waals surface area (Å²) in [5, 5.41) is 2.74. The Morgan fingerprint density at radius 1 is 1.05 bits per heavy atom. The van der Waals surface area contributed by atoms with E-state index in [1.165, 1.54) is 12.1 Å². The van der Waals surface area contributed by atoms with Gasteiger partial charge in [0.1, 0.15) is 0 Å². The van der Waals surface area contributed by atoms with Crippen molar-refractivity contribution in [3.8, 4) is 0 Å². The maximum atomic E-state index is 13.5. The second-order valence-corrected chi connectivity index (χ2v) is 4.93. The SMILES string of the molecule is O=C(NC1CC1c1ccccc1)c1cccc(F)c1F. The van der Waals surface area contributed by atoms with Crippen LogP contribution in [0.25, 0.3) is 0 Å². The van der Waals surface area contributed by atoms with Crippen LogP contribution in [0.2, 0.25) is 0 Å². The van der Waals surface area contributed by atoms with Crippen LogP contribution in [0.3, 0.4) is 0 Å². The second kappa shape index (κ2) is 5.04. The van der Waals surface area contributed by atoms with Gasteiger partial charge in [-0.15, -0.1) is 0 Å². The van der Waals surface area contributed by atoms with Crippen LogP contribution in [0.1, 0.15) is 28.3 Å². The van der Waals surface area contributed by atoms with Gasteiger partial charge in [0, 0.05) is 12.0 Å². The maximum absolute atomic E-state index is 13.5. The molecular formula is C16H13F2NO. The summed E-state index contributed by atoms with van der Waals surface area (Å²) >= 11 is 0. The molecule has 2 atom stereocenters. The molecule has 1 aliphatic carbocycles. The van der Waals surface area contributed by atoms with Crippen molar-refractivity contribution in [2.45, 2.75) is 18.4 Å². The van der Waals surface area contributed by atoms with Crippen molar-refractivity contribution in [1.82, 2.24) is 5.32 Å². The van der Waals surface area contributed by atoms with Crippen LogP contribution in [0, 0.1) is 11.6 Å². The molecule has 0 heterocycles. The van der Waals surface area contributed by atoms with E-state index in [1.807, 2.05) is 30.3 Å². The molecule has 20 heavy (non-hydrogen) atoms. The Kier molecular flexibility index (Phi) is 3.22. The average molecular weight is 273 g/mol. The van der Waals surface area contributed by atoms with Crippen molar-refractivity contribution in [3.63, 3.8) is 0 Å². The van der Waals surface area contributed by atoms with Crippen molar-refractivity contribution >= 4 is 5.91 Å². The second-order valence-electron chi connectivity index (χ2n) is 4.93. The topological polar surface area (TPSA) is 29.1 Å². The third-order valence-electron chi connectivity index (χ3n) is 3.53. The van der Waals surface area contributed by atoms with Gasteiger partial charge in [-0.25, -0.2) is 8.78 Å². The standard InChI is InChI=1S/C16H13F2NO/c17-13-8-4-7-11(15(13)18)16(20)19-14-9-12(14)10-5-2-1-3-6-10/h1-8,12,14H,9H2,(H,19,20). The van der Waals surface area contributed by atoms with Gasteiger partial charge in [-0.05, 0) is 24.1 Å². The molecule has 102 valence electrons. The minimum atomic E-state index is -1.10. The Bertz CT molecular complexity index is 642. The predicted molar refractivity (Wildman–Crippen MR) is 71.4 cm³/mol. The molecular weight excluding hydrogens is 260 g/mol. The fraction of sp³-hybridized carbons (Fsp3) is 0.188.